The molecule has 1 aliphatic rings. The molecule has 2 aromatic heterocycles. The Kier molecular flexibility index (Phi) is 4.36. The number of H-pyrrole nitrogens is 1. The Hall–Kier alpha value is -2.70. The van der Waals surface area contributed by atoms with Crippen LogP contribution in [0.2, 0.25) is 0 Å². The lowest BCUT2D eigenvalue weighted by atomic mass is 10.2. The van der Waals surface area contributed by atoms with Crippen molar-refractivity contribution in [2.45, 2.75) is 38.6 Å². The molecule has 0 atom stereocenters. The van der Waals surface area contributed by atoms with Gasteiger partial charge < -0.3 is 10.6 Å². The van der Waals surface area contributed by atoms with Crippen LogP contribution in [-0.4, -0.2) is 33.0 Å². The molecule has 0 aromatic carbocycles. The molecular formula is C16H19N5O2. The molecule has 120 valence electrons. The van der Waals surface area contributed by atoms with E-state index in [1.165, 1.54) is 12.4 Å². The zero-order valence-electron chi connectivity index (χ0n) is 12.9. The summed E-state index contributed by atoms with van der Waals surface area (Å²) in [6, 6.07) is 3.66. The Bertz CT molecular complexity index is 702. The number of aromatic nitrogens is 3. The molecule has 1 fully saturated rings. The van der Waals surface area contributed by atoms with Crippen LogP contribution in [0.15, 0.2) is 24.5 Å². The van der Waals surface area contributed by atoms with Crippen molar-refractivity contribution in [2.75, 3.05) is 5.32 Å². The average Bonchev–Trinajstić information content (AvgIpc) is 3.19. The van der Waals surface area contributed by atoms with Gasteiger partial charge in [-0.2, -0.15) is 5.10 Å². The van der Waals surface area contributed by atoms with Crippen molar-refractivity contribution in [3.8, 4) is 0 Å². The van der Waals surface area contributed by atoms with Gasteiger partial charge in [0.05, 0.1) is 17.4 Å². The number of nitrogens with one attached hydrogen (secondary N) is 3. The van der Waals surface area contributed by atoms with Crippen LogP contribution in [0, 0.1) is 6.92 Å². The predicted molar refractivity (Wildman–Crippen MR) is 85.2 cm³/mol. The van der Waals surface area contributed by atoms with Crippen LogP contribution in [0.3, 0.4) is 0 Å². The van der Waals surface area contributed by atoms with E-state index >= 15 is 0 Å². The Morgan fingerprint density at radius 1 is 1.17 bits per heavy atom. The maximum absolute atomic E-state index is 12.3. The standard InChI is InChI=1S/C16H19N5O2/c1-10-6-7-11(8-17-10)15(22)20-13-9-18-21-14(13)16(23)19-12-4-2-3-5-12/h6-9,12H,2-5H2,1H3,(H,18,21)(H,19,23)(H,20,22). The van der Waals surface area contributed by atoms with Gasteiger partial charge in [-0.05, 0) is 31.9 Å². The Morgan fingerprint density at radius 3 is 2.65 bits per heavy atom. The summed E-state index contributed by atoms with van der Waals surface area (Å²) in [5, 5.41) is 12.2. The summed E-state index contributed by atoms with van der Waals surface area (Å²) in [4.78, 5) is 28.6. The van der Waals surface area contributed by atoms with Crippen LogP contribution in [0.1, 0.15) is 52.2 Å². The zero-order chi connectivity index (χ0) is 16.2. The molecule has 1 saturated carbocycles. The number of pyridine rings is 1. The molecule has 0 radical (unpaired) electrons. The van der Waals surface area contributed by atoms with Gasteiger partial charge in [0.1, 0.15) is 5.69 Å². The molecule has 1 aliphatic carbocycles. The number of amides is 2. The predicted octanol–water partition coefficient (Wildman–Crippen LogP) is 2.04. The summed E-state index contributed by atoms with van der Waals surface area (Å²) in [7, 11) is 0. The highest BCUT2D eigenvalue weighted by Gasteiger charge is 2.21. The molecule has 0 unspecified atom stereocenters. The summed E-state index contributed by atoms with van der Waals surface area (Å²) in [6.45, 7) is 1.85. The minimum atomic E-state index is -0.325. The third kappa shape index (κ3) is 3.56. The van der Waals surface area contributed by atoms with Gasteiger partial charge in [-0.25, -0.2) is 0 Å². The molecule has 2 heterocycles. The monoisotopic (exact) mass is 313 g/mol. The van der Waals surface area contributed by atoms with Crippen molar-refractivity contribution in [1.29, 1.82) is 0 Å². The number of aryl methyl sites for hydroxylation is 1. The number of carbonyl (C=O) groups excluding carboxylic acids is 2. The highest BCUT2D eigenvalue weighted by Crippen LogP contribution is 2.19. The van der Waals surface area contributed by atoms with E-state index in [1.807, 2.05) is 6.92 Å². The first-order valence-electron chi connectivity index (χ1n) is 7.72. The number of aromatic amines is 1. The van der Waals surface area contributed by atoms with Crippen molar-refractivity contribution < 1.29 is 9.59 Å². The fraction of sp³-hybridized carbons (Fsp3) is 0.375. The molecule has 0 aliphatic heterocycles. The minimum absolute atomic E-state index is 0.204. The summed E-state index contributed by atoms with van der Waals surface area (Å²) in [5.74, 6) is -0.569. The molecular weight excluding hydrogens is 294 g/mol. The number of hydrogen-bond acceptors (Lipinski definition) is 4. The van der Waals surface area contributed by atoms with E-state index in [0.717, 1.165) is 31.4 Å². The van der Waals surface area contributed by atoms with E-state index in [2.05, 4.69) is 25.8 Å². The first-order valence-corrected chi connectivity index (χ1v) is 7.72. The highest BCUT2D eigenvalue weighted by molar-refractivity contribution is 6.08. The maximum Gasteiger partial charge on any atom is 0.271 e. The molecule has 7 nitrogen and oxygen atoms in total. The normalized spacial score (nSPS) is 14.7. The molecule has 3 N–H and O–H groups in total. The van der Waals surface area contributed by atoms with Gasteiger partial charge in [0.2, 0.25) is 0 Å². The van der Waals surface area contributed by atoms with Gasteiger partial charge >= 0.3 is 0 Å². The number of hydrogen-bond donors (Lipinski definition) is 3. The van der Waals surface area contributed by atoms with Gasteiger partial charge in [-0.1, -0.05) is 12.8 Å². The summed E-state index contributed by atoms with van der Waals surface area (Å²) in [5.41, 5.74) is 1.90. The number of anilines is 1. The average molecular weight is 313 g/mol. The van der Waals surface area contributed by atoms with E-state index in [1.54, 1.807) is 12.1 Å². The van der Waals surface area contributed by atoms with E-state index in [9.17, 15) is 9.59 Å². The van der Waals surface area contributed by atoms with E-state index in [4.69, 9.17) is 0 Å². The first-order chi connectivity index (χ1) is 11.1. The van der Waals surface area contributed by atoms with Gasteiger partial charge in [0, 0.05) is 17.9 Å². The van der Waals surface area contributed by atoms with Crippen LogP contribution >= 0.6 is 0 Å². The minimum Gasteiger partial charge on any atom is -0.348 e. The molecule has 2 aromatic rings. The number of rotatable bonds is 4. The number of nitrogens with zero attached hydrogens (tertiary/aromatic N) is 2. The molecule has 23 heavy (non-hydrogen) atoms. The third-order valence-electron chi connectivity index (χ3n) is 3.98. The Balaban J connectivity index is 1.69. The fourth-order valence-corrected chi connectivity index (χ4v) is 2.68. The highest BCUT2D eigenvalue weighted by atomic mass is 16.2. The van der Waals surface area contributed by atoms with Crippen molar-refractivity contribution in [1.82, 2.24) is 20.5 Å². The third-order valence-corrected chi connectivity index (χ3v) is 3.98. The second kappa shape index (κ2) is 6.60. The van der Waals surface area contributed by atoms with Crippen molar-refractivity contribution in [3.05, 3.63) is 41.5 Å². The van der Waals surface area contributed by atoms with Crippen LogP contribution in [0.25, 0.3) is 0 Å². The lowest BCUT2D eigenvalue weighted by molar-refractivity contribution is 0.0933. The quantitative estimate of drug-likeness (QED) is 0.804. The first kappa shape index (κ1) is 15.2. The van der Waals surface area contributed by atoms with Gasteiger partial charge in [0.15, 0.2) is 0 Å². The second-order valence-corrected chi connectivity index (χ2v) is 5.76. The topological polar surface area (TPSA) is 99.8 Å². The van der Waals surface area contributed by atoms with Gasteiger partial charge in [-0.15, -0.1) is 0 Å². The number of carbonyl (C=O) groups is 2. The fourth-order valence-electron chi connectivity index (χ4n) is 2.68. The van der Waals surface area contributed by atoms with Crippen molar-refractivity contribution in [3.63, 3.8) is 0 Å². The lowest BCUT2D eigenvalue weighted by Crippen LogP contribution is -2.33. The van der Waals surface area contributed by atoms with Gasteiger partial charge in [0.25, 0.3) is 11.8 Å². The van der Waals surface area contributed by atoms with Crippen LogP contribution < -0.4 is 10.6 Å². The van der Waals surface area contributed by atoms with E-state index < -0.39 is 0 Å². The van der Waals surface area contributed by atoms with E-state index in [-0.39, 0.29) is 23.6 Å². The van der Waals surface area contributed by atoms with Crippen LogP contribution in [-0.2, 0) is 0 Å². The molecule has 3 rings (SSSR count). The summed E-state index contributed by atoms with van der Waals surface area (Å²) >= 11 is 0. The Morgan fingerprint density at radius 2 is 1.96 bits per heavy atom. The molecule has 0 saturated heterocycles. The van der Waals surface area contributed by atoms with Crippen molar-refractivity contribution >= 4 is 17.5 Å². The van der Waals surface area contributed by atoms with Crippen LogP contribution in [0.4, 0.5) is 5.69 Å². The molecule has 0 spiro atoms. The smallest absolute Gasteiger partial charge is 0.271 e. The SMILES string of the molecule is Cc1ccc(C(=O)Nc2cn[nH]c2C(=O)NC2CCCC2)cn1. The molecule has 7 heteroatoms. The van der Waals surface area contributed by atoms with Crippen molar-refractivity contribution in [2.24, 2.45) is 0 Å². The Labute approximate surface area is 133 Å². The molecule has 2 amide bonds. The zero-order valence-corrected chi connectivity index (χ0v) is 12.9. The van der Waals surface area contributed by atoms with Gasteiger partial charge in [-0.3, -0.25) is 19.7 Å². The summed E-state index contributed by atoms with van der Waals surface area (Å²) in [6.07, 6.45) is 7.20. The molecule has 0 bridgehead atoms. The lowest BCUT2D eigenvalue weighted by Gasteiger charge is -2.12. The second-order valence-electron chi connectivity index (χ2n) is 5.76. The van der Waals surface area contributed by atoms with E-state index in [0.29, 0.717) is 11.3 Å². The maximum atomic E-state index is 12.3. The summed E-state index contributed by atoms with van der Waals surface area (Å²) < 4.78 is 0. The van der Waals surface area contributed by atoms with Crippen LogP contribution in [0.5, 0.6) is 0 Å². The largest absolute Gasteiger partial charge is 0.348 e.